The Morgan fingerprint density at radius 2 is 2.15 bits per heavy atom. The zero-order chi connectivity index (χ0) is 19.2. The van der Waals surface area contributed by atoms with E-state index in [-0.39, 0.29) is 17.4 Å². The number of anilines is 3. The van der Waals surface area contributed by atoms with Gasteiger partial charge in [0, 0.05) is 37.6 Å². The molecule has 1 amide bonds. The van der Waals surface area contributed by atoms with Crippen molar-refractivity contribution in [1.82, 2.24) is 14.9 Å². The van der Waals surface area contributed by atoms with Crippen LogP contribution in [0, 0.1) is 11.3 Å². The van der Waals surface area contributed by atoms with E-state index in [1.165, 1.54) is 19.4 Å². The molecule has 0 unspecified atom stereocenters. The fourth-order valence-electron chi connectivity index (χ4n) is 2.88. The molecule has 2 heterocycles. The van der Waals surface area contributed by atoms with E-state index < -0.39 is 0 Å². The Hall–Kier alpha value is -3.60. The maximum absolute atomic E-state index is 11.7. The van der Waals surface area contributed by atoms with Crippen LogP contribution in [0.15, 0.2) is 43.1 Å². The number of benzene rings is 1. The Bertz CT molecular complexity index is 884. The molecule has 0 saturated carbocycles. The second-order valence-electron chi connectivity index (χ2n) is 5.92. The molecule has 1 saturated heterocycles. The number of methoxy groups -OCH3 is 1. The van der Waals surface area contributed by atoms with Crippen LogP contribution in [-0.2, 0) is 4.79 Å². The van der Waals surface area contributed by atoms with Crippen LogP contribution in [0.3, 0.4) is 0 Å². The van der Waals surface area contributed by atoms with Crippen LogP contribution in [0.5, 0.6) is 5.88 Å². The highest BCUT2D eigenvalue weighted by Gasteiger charge is 2.19. The average Bonchev–Trinajstić information content (AvgIpc) is 2.73. The van der Waals surface area contributed by atoms with Gasteiger partial charge in [-0.2, -0.15) is 10.2 Å². The summed E-state index contributed by atoms with van der Waals surface area (Å²) >= 11 is 0. The summed E-state index contributed by atoms with van der Waals surface area (Å²) in [5.74, 6) is 0.551. The number of carbonyl (C=O) groups excluding carboxylic acids is 1. The summed E-state index contributed by atoms with van der Waals surface area (Å²) in [4.78, 5) is 24.1. The third kappa shape index (κ3) is 4.15. The summed E-state index contributed by atoms with van der Waals surface area (Å²) < 4.78 is 5.11. The van der Waals surface area contributed by atoms with E-state index in [2.05, 4.69) is 26.8 Å². The molecular formula is C19H20N6O2. The number of rotatable bonds is 5. The molecule has 27 heavy (non-hydrogen) atoms. The first kappa shape index (κ1) is 18.2. The van der Waals surface area contributed by atoms with Crippen molar-refractivity contribution in [2.45, 2.75) is 0 Å². The van der Waals surface area contributed by atoms with Gasteiger partial charge < -0.3 is 19.9 Å². The quantitative estimate of drug-likeness (QED) is 0.810. The Kier molecular flexibility index (Phi) is 5.52. The van der Waals surface area contributed by atoms with Crippen LogP contribution >= 0.6 is 0 Å². The minimum absolute atomic E-state index is 0.0306. The van der Waals surface area contributed by atoms with Gasteiger partial charge in [-0.15, -0.1) is 0 Å². The fraction of sp³-hybridized carbons (Fsp3) is 0.263. The van der Waals surface area contributed by atoms with E-state index in [4.69, 9.17) is 10.00 Å². The van der Waals surface area contributed by atoms with Crippen molar-refractivity contribution in [2.24, 2.45) is 0 Å². The monoisotopic (exact) mass is 364 g/mol. The van der Waals surface area contributed by atoms with Crippen molar-refractivity contribution in [3.63, 3.8) is 0 Å². The van der Waals surface area contributed by atoms with Crippen molar-refractivity contribution in [2.75, 3.05) is 43.5 Å². The predicted molar refractivity (Wildman–Crippen MR) is 102 cm³/mol. The lowest BCUT2D eigenvalue weighted by Gasteiger charge is -2.35. The summed E-state index contributed by atoms with van der Waals surface area (Å²) in [6, 6.07) is 9.87. The van der Waals surface area contributed by atoms with Crippen LogP contribution in [0.2, 0.25) is 0 Å². The summed E-state index contributed by atoms with van der Waals surface area (Å²) in [7, 11) is 1.46. The number of amides is 1. The molecule has 3 rings (SSSR count). The topological polar surface area (TPSA) is 94.4 Å². The SMILES string of the molecule is C=CC(=O)N1CCN(c2cccc(Nc3ncc(C#N)c(OC)n3)c2)CC1. The molecule has 138 valence electrons. The van der Waals surface area contributed by atoms with Crippen molar-refractivity contribution in [1.29, 1.82) is 5.26 Å². The molecule has 1 aliphatic heterocycles. The second-order valence-corrected chi connectivity index (χ2v) is 5.92. The van der Waals surface area contributed by atoms with E-state index in [1.54, 1.807) is 4.90 Å². The molecule has 1 aromatic carbocycles. The van der Waals surface area contributed by atoms with Gasteiger partial charge >= 0.3 is 0 Å². The Morgan fingerprint density at radius 1 is 1.37 bits per heavy atom. The third-order valence-corrected chi connectivity index (χ3v) is 4.30. The van der Waals surface area contributed by atoms with Gasteiger partial charge in [0.1, 0.15) is 11.6 Å². The van der Waals surface area contributed by atoms with E-state index in [0.29, 0.717) is 19.0 Å². The molecule has 1 aliphatic rings. The first-order chi connectivity index (χ1) is 13.1. The standard InChI is InChI=1S/C19H20N6O2/c1-3-17(26)25-9-7-24(8-10-25)16-6-4-5-15(11-16)22-19-21-13-14(12-20)18(23-19)27-2/h3-6,11,13H,1,7-10H2,2H3,(H,21,22,23). The fourth-order valence-corrected chi connectivity index (χ4v) is 2.88. The van der Waals surface area contributed by atoms with Gasteiger partial charge in [0.2, 0.25) is 17.7 Å². The van der Waals surface area contributed by atoms with Gasteiger partial charge in [0.25, 0.3) is 0 Å². The summed E-state index contributed by atoms with van der Waals surface area (Å²) in [5, 5.41) is 12.1. The molecule has 0 atom stereocenters. The van der Waals surface area contributed by atoms with E-state index in [9.17, 15) is 4.79 Å². The van der Waals surface area contributed by atoms with Crippen LogP contribution in [0.1, 0.15) is 5.56 Å². The summed E-state index contributed by atoms with van der Waals surface area (Å²) in [6.45, 7) is 6.37. The average molecular weight is 364 g/mol. The Morgan fingerprint density at radius 3 is 2.81 bits per heavy atom. The normalized spacial score (nSPS) is 13.6. The zero-order valence-electron chi connectivity index (χ0n) is 15.1. The highest BCUT2D eigenvalue weighted by molar-refractivity contribution is 5.87. The van der Waals surface area contributed by atoms with Crippen LogP contribution < -0.4 is 15.0 Å². The molecule has 0 aliphatic carbocycles. The molecule has 1 N–H and O–H groups in total. The zero-order valence-corrected chi connectivity index (χ0v) is 15.1. The molecule has 0 radical (unpaired) electrons. The first-order valence-corrected chi connectivity index (χ1v) is 8.49. The van der Waals surface area contributed by atoms with E-state index >= 15 is 0 Å². The molecule has 8 nitrogen and oxygen atoms in total. The maximum atomic E-state index is 11.7. The molecule has 0 bridgehead atoms. The summed E-state index contributed by atoms with van der Waals surface area (Å²) in [6.07, 6.45) is 2.78. The Labute approximate surface area is 157 Å². The smallest absolute Gasteiger partial charge is 0.246 e. The second kappa shape index (κ2) is 8.19. The molecule has 0 spiro atoms. The number of carbonyl (C=O) groups is 1. The van der Waals surface area contributed by atoms with Gasteiger partial charge in [-0.1, -0.05) is 12.6 Å². The largest absolute Gasteiger partial charge is 0.480 e. The number of hydrogen-bond donors (Lipinski definition) is 1. The van der Waals surface area contributed by atoms with Crippen molar-refractivity contribution in [3.05, 3.63) is 48.7 Å². The number of nitrogens with zero attached hydrogens (tertiary/aromatic N) is 5. The lowest BCUT2D eigenvalue weighted by Crippen LogP contribution is -2.48. The third-order valence-electron chi connectivity index (χ3n) is 4.30. The van der Waals surface area contributed by atoms with E-state index in [0.717, 1.165) is 24.5 Å². The van der Waals surface area contributed by atoms with Gasteiger partial charge in [0.15, 0.2) is 0 Å². The van der Waals surface area contributed by atoms with Gasteiger partial charge in [-0.3, -0.25) is 4.79 Å². The first-order valence-electron chi connectivity index (χ1n) is 8.49. The van der Waals surface area contributed by atoms with Crippen molar-refractivity contribution < 1.29 is 9.53 Å². The number of ether oxygens (including phenoxy) is 1. The molecular weight excluding hydrogens is 344 g/mol. The molecule has 2 aromatic rings. The van der Waals surface area contributed by atoms with Gasteiger partial charge in [0.05, 0.1) is 13.3 Å². The van der Waals surface area contributed by atoms with E-state index in [1.807, 2.05) is 30.3 Å². The molecule has 1 aromatic heterocycles. The number of nitriles is 1. The highest BCUT2D eigenvalue weighted by Crippen LogP contribution is 2.24. The predicted octanol–water partition coefficient (Wildman–Crippen LogP) is 1.94. The molecule has 1 fully saturated rings. The van der Waals surface area contributed by atoms with Crippen LogP contribution in [0.4, 0.5) is 17.3 Å². The Balaban J connectivity index is 1.71. The molecule has 8 heteroatoms. The minimum atomic E-state index is -0.0306. The van der Waals surface area contributed by atoms with Gasteiger partial charge in [-0.05, 0) is 24.3 Å². The number of piperazine rings is 1. The van der Waals surface area contributed by atoms with Crippen LogP contribution in [0.25, 0.3) is 0 Å². The summed E-state index contributed by atoms with van der Waals surface area (Å²) in [5.41, 5.74) is 2.15. The van der Waals surface area contributed by atoms with Crippen LogP contribution in [-0.4, -0.2) is 54.1 Å². The number of hydrogen-bond acceptors (Lipinski definition) is 7. The minimum Gasteiger partial charge on any atom is -0.480 e. The highest BCUT2D eigenvalue weighted by atomic mass is 16.5. The number of aromatic nitrogens is 2. The van der Waals surface area contributed by atoms with Crippen molar-refractivity contribution in [3.8, 4) is 11.9 Å². The lowest BCUT2D eigenvalue weighted by atomic mass is 10.2. The lowest BCUT2D eigenvalue weighted by molar-refractivity contribution is -0.126. The van der Waals surface area contributed by atoms with Crippen molar-refractivity contribution >= 4 is 23.2 Å². The number of nitrogens with one attached hydrogen (secondary N) is 1. The van der Waals surface area contributed by atoms with Gasteiger partial charge in [-0.25, -0.2) is 4.98 Å². The maximum Gasteiger partial charge on any atom is 0.246 e.